The Labute approximate surface area is 219 Å². The third-order valence-corrected chi connectivity index (χ3v) is 6.80. The first-order valence-corrected chi connectivity index (χ1v) is 12.6. The van der Waals surface area contributed by atoms with Crippen LogP contribution in [0.1, 0.15) is 11.1 Å². The van der Waals surface area contributed by atoms with E-state index in [1.807, 2.05) is 60.7 Å². The van der Waals surface area contributed by atoms with Crippen LogP contribution in [-0.2, 0) is 11.4 Å². The third-order valence-electron chi connectivity index (χ3n) is 5.89. The van der Waals surface area contributed by atoms with Crippen molar-refractivity contribution in [2.24, 2.45) is 0 Å². The summed E-state index contributed by atoms with van der Waals surface area (Å²) in [5.74, 6) is 1.51. The Morgan fingerprint density at radius 2 is 1.59 bits per heavy atom. The van der Waals surface area contributed by atoms with Gasteiger partial charge in [0.15, 0.2) is 11.5 Å². The highest BCUT2D eigenvalue weighted by atomic mass is 32.2. The van der Waals surface area contributed by atoms with E-state index in [1.54, 1.807) is 19.3 Å². The standard InChI is InChI=1S/C30H25NO5S/c1-34-27-18-21(12-14-26(27)36-20-22-11-13-23-7-5-6-8-24(23)17-22)19-28-29(32)31(30(33)37-28)15-16-35-25-9-3-2-4-10-25/h2-14,17-19H,15-16,20H2,1H3/b28-19-. The van der Waals surface area contributed by atoms with E-state index < -0.39 is 0 Å². The molecule has 4 aromatic rings. The van der Waals surface area contributed by atoms with Crippen molar-refractivity contribution in [1.29, 1.82) is 0 Å². The van der Waals surface area contributed by atoms with E-state index in [0.29, 0.717) is 28.8 Å². The number of carbonyl (C=O) groups excluding carboxylic acids is 2. The number of nitrogens with zero attached hydrogens (tertiary/aromatic N) is 1. The summed E-state index contributed by atoms with van der Waals surface area (Å²) in [6.45, 7) is 0.804. The molecule has 0 N–H and O–H groups in total. The monoisotopic (exact) mass is 511 g/mol. The predicted octanol–water partition coefficient (Wildman–Crippen LogP) is 6.54. The molecule has 0 spiro atoms. The highest BCUT2D eigenvalue weighted by Crippen LogP contribution is 2.35. The lowest BCUT2D eigenvalue weighted by atomic mass is 10.1. The minimum atomic E-state index is -0.331. The van der Waals surface area contributed by atoms with E-state index in [1.165, 1.54) is 10.3 Å². The molecule has 7 heteroatoms. The largest absolute Gasteiger partial charge is 0.493 e. The SMILES string of the molecule is COc1cc(/C=C2\SC(=O)N(CCOc3ccccc3)C2=O)ccc1OCc1ccc2ccccc2c1. The fraction of sp³-hybridized carbons (Fsp3) is 0.133. The van der Waals surface area contributed by atoms with Crippen LogP contribution in [0.25, 0.3) is 16.8 Å². The Morgan fingerprint density at radius 1 is 0.811 bits per heavy atom. The Balaban J connectivity index is 1.23. The van der Waals surface area contributed by atoms with Crippen LogP contribution in [0.4, 0.5) is 4.79 Å². The summed E-state index contributed by atoms with van der Waals surface area (Å²) in [4.78, 5) is 26.8. The van der Waals surface area contributed by atoms with Gasteiger partial charge in [-0.25, -0.2) is 0 Å². The van der Waals surface area contributed by atoms with Crippen molar-refractivity contribution in [3.05, 3.63) is 107 Å². The quantitative estimate of drug-likeness (QED) is 0.238. The van der Waals surface area contributed by atoms with Crippen molar-refractivity contribution in [2.45, 2.75) is 6.61 Å². The summed E-state index contributed by atoms with van der Waals surface area (Å²) in [6.07, 6.45) is 1.69. The van der Waals surface area contributed by atoms with Crippen LogP contribution >= 0.6 is 11.8 Å². The van der Waals surface area contributed by atoms with Gasteiger partial charge in [-0.05, 0) is 70.1 Å². The molecule has 1 aliphatic rings. The summed E-state index contributed by atoms with van der Waals surface area (Å²) in [5, 5.41) is 2.03. The number of thioether (sulfide) groups is 1. The Kier molecular flexibility index (Phi) is 7.42. The minimum Gasteiger partial charge on any atom is -0.493 e. The molecule has 1 aliphatic heterocycles. The van der Waals surface area contributed by atoms with Gasteiger partial charge in [0, 0.05) is 0 Å². The van der Waals surface area contributed by atoms with Crippen molar-refractivity contribution >= 4 is 39.8 Å². The number of amides is 2. The van der Waals surface area contributed by atoms with Gasteiger partial charge in [-0.2, -0.15) is 0 Å². The van der Waals surface area contributed by atoms with E-state index in [9.17, 15) is 9.59 Å². The van der Waals surface area contributed by atoms with Gasteiger partial charge in [-0.3, -0.25) is 14.5 Å². The van der Waals surface area contributed by atoms with Gasteiger partial charge in [0.25, 0.3) is 11.1 Å². The molecule has 0 saturated carbocycles. The molecule has 0 bridgehead atoms. The lowest BCUT2D eigenvalue weighted by molar-refractivity contribution is -0.123. The molecule has 4 aromatic carbocycles. The lowest BCUT2D eigenvalue weighted by Gasteiger charge is -2.13. The average Bonchev–Trinajstić information content (AvgIpc) is 3.20. The van der Waals surface area contributed by atoms with Crippen LogP contribution in [0.3, 0.4) is 0 Å². The van der Waals surface area contributed by atoms with Crippen molar-refractivity contribution in [3.8, 4) is 17.2 Å². The lowest BCUT2D eigenvalue weighted by Crippen LogP contribution is -2.32. The smallest absolute Gasteiger partial charge is 0.293 e. The van der Waals surface area contributed by atoms with Crippen LogP contribution < -0.4 is 14.2 Å². The molecule has 0 aromatic heterocycles. The second-order valence-electron chi connectivity index (χ2n) is 8.38. The molecule has 37 heavy (non-hydrogen) atoms. The second-order valence-corrected chi connectivity index (χ2v) is 9.37. The second kappa shape index (κ2) is 11.2. The number of ether oxygens (including phenoxy) is 3. The molecule has 1 saturated heterocycles. The molecular formula is C30H25NO5S. The number of rotatable bonds is 9. The zero-order chi connectivity index (χ0) is 25.6. The third kappa shape index (κ3) is 5.78. The van der Waals surface area contributed by atoms with Gasteiger partial charge in [0.2, 0.25) is 0 Å². The molecule has 0 atom stereocenters. The number of benzene rings is 4. The molecular weight excluding hydrogens is 486 g/mol. The Morgan fingerprint density at radius 3 is 2.41 bits per heavy atom. The maximum absolute atomic E-state index is 12.8. The van der Waals surface area contributed by atoms with Gasteiger partial charge in [0.05, 0.1) is 18.6 Å². The molecule has 1 heterocycles. The summed E-state index contributed by atoms with van der Waals surface area (Å²) < 4.78 is 17.2. The van der Waals surface area contributed by atoms with Crippen LogP contribution in [0.15, 0.2) is 95.9 Å². The molecule has 1 fully saturated rings. The first-order chi connectivity index (χ1) is 18.1. The van der Waals surface area contributed by atoms with Crippen molar-refractivity contribution in [2.75, 3.05) is 20.3 Å². The van der Waals surface area contributed by atoms with Gasteiger partial charge >= 0.3 is 0 Å². The molecule has 0 unspecified atom stereocenters. The zero-order valence-electron chi connectivity index (χ0n) is 20.3. The van der Waals surface area contributed by atoms with E-state index in [2.05, 4.69) is 24.3 Å². The van der Waals surface area contributed by atoms with Crippen LogP contribution in [0, 0.1) is 0 Å². The number of methoxy groups -OCH3 is 1. The number of fused-ring (bicyclic) bond motifs is 1. The van der Waals surface area contributed by atoms with Gasteiger partial charge in [-0.1, -0.05) is 60.7 Å². The average molecular weight is 512 g/mol. The van der Waals surface area contributed by atoms with Crippen LogP contribution in [-0.4, -0.2) is 36.3 Å². The summed E-state index contributed by atoms with van der Waals surface area (Å²) in [5.41, 5.74) is 1.79. The molecule has 186 valence electrons. The highest BCUT2D eigenvalue weighted by Gasteiger charge is 2.34. The van der Waals surface area contributed by atoms with E-state index in [0.717, 1.165) is 28.3 Å². The molecule has 6 nitrogen and oxygen atoms in total. The normalized spacial score (nSPS) is 14.4. The highest BCUT2D eigenvalue weighted by molar-refractivity contribution is 8.18. The van der Waals surface area contributed by atoms with Gasteiger partial charge in [-0.15, -0.1) is 0 Å². The van der Waals surface area contributed by atoms with Crippen LogP contribution in [0.5, 0.6) is 17.2 Å². The van der Waals surface area contributed by atoms with Crippen molar-refractivity contribution < 1.29 is 23.8 Å². The number of hydrogen-bond acceptors (Lipinski definition) is 6. The number of carbonyl (C=O) groups is 2. The molecule has 2 amide bonds. The first-order valence-electron chi connectivity index (χ1n) is 11.8. The number of hydrogen-bond donors (Lipinski definition) is 0. The van der Waals surface area contributed by atoms with Crippen LogP contribution in [0.2, 0.25) is 0 Å². The summed E-state index contributed by atoms with van der Waals surface area (Å²) in [6, 6.07) is 29.2. The Bertz CT molecular complexity index is 1470. The van der Waals surface area contributed by atoms with Gasteiger partial charge < -0.3 is 14.2 Å². The fourth-order valence-corrected chi connectivity index (χ4v) is 4.86. The van der Waals surface area contributed by atoms with E-state index in [-0.39, 0.29) is 24.3 Å². The molecule has 0 radical (unpaired) electrons. The minimum absolute atomic E-state index is 0.182. The van der Waals surface area contributed by atoms with E-state index in [4.69, 9.17) is 14.2 Å². The first kappa shape index (κ1) is 24.5. The topological polar surface area (TPSA) is 65.1 Å². The van der Waals surface area contributed by atoms with E-state index >= 15 is 0 Å². The number of imide groups is 1. The van der Waals surface area contributed by atoms with Crippen molar-refractivity contribution in [3.63, 3.8) is 0 Å². The summed E-state index contributed by atoms with van der Waals surface area (Å²) in [7, 11) is 1.57. The van der Waals surface area contributed by atoms with Crippen molar-refractivity contribution in [1.82, 2.24) is 4.90 Å². The summed E-state index contributed by atoms with van der Waals surface area (Å²) >= 11 is 0.920. The number of para-hydroxylation sites is 1. The fourth-order valence-electron chi connectivity index (χ4n) is 4.00. The molecule has 0 aliphatic carbocycles. The Hall–Kier alpha value is -4.23. The molecule has 5 rings (SSSR count). The maximum atomic E-state index is 12.8. The van der Waals surface area contributed by atoms with Gasteiger partial charge in [0.1, 0.15) is 19.0 Å². The zero-order valence-corrected chi connectivity index (χ0v) is 21.1. The predicted molar refractivity (Wildman–Crippen MR) is 146 cm³/mol. The maximum Gasteiger partial charge on any atom is 0.293 e.